The maximum absolute atomic E-state index is 12.5. The van der Waals surface area contributed by atoms with Gasteiger partial charge in [-0.05, 0) is 48.5 Å². The van der Waals surface area contributed by atoms with Gasteiger partial charge in [-0.2, -0.15) is 4.21 Å². The van der Waals surface area contributed by atoms with E-state index in [-0.39, 0.29) is 10.8 Å². The second-order valence-corrected chi connectivity index (χ2v) is 10.3. The predicted octanol–water partition coefficient (Wildman–Crippen LogP) is 6.38. The molecule has 0 saturated carbocycles. The zero-order valence-electron chi connectivity index (χ0n) is 17.6. The highest BCUT2D eigenvalue weighted by Crippen LogP contribution is 2.48. The van der Waals surface area contributed by atoms with Crippen molar-refractivity contribution < 1.29 is 12.6 Å². The van der Waals surface area contributed by atoms with E-state index in [9.17, 15) is 4.21 Å². The summed E-state index contributed by atoms with van der Waals surface area (Å²) < 4.78 is 24.0. The molecule has 0 bridgehead atoms. The van der Waals surface area contributed by atoms with Crippen molar-refractivity contribution in [1.29, 1.82) is 0 Å². The van der Waals surface area contributed by atoms with E-state index in [2.05, 4.69) is 79.7 Å². The average molecular weight is 387 g/mol. The fourth-order valence-electron chi connectivity index (χ4n) is 3.72. The van der Waals surface area contributed by atoms with Crippen molar-refractivity contribution in [3.63, 3.8) is 0 Å². The van der Waals surface area contributed by atoms with Crippen molar-refractivity contribution in [2.24, 2.45) is 10.8 Å². The molecule has 1 unspecified atom stereocenters. The lowest BCUT2D eigenvalue weighted by Crippen LogP contribution is -2.26. The van der Waals surface area contributed by atoms with Crippen LogP contribution >= 0.6 is 0 Å². The number of rotatable bonds is 0. The van der Waals surface area contributed by atoms with Crippen LogP contribution in [0, 0.1) is 10.8 Å². The van der Waals surface area contributed by atoms with Gasteiger partial charge in [0.2, 0.25) is 0 Å². The van der Waals surface area contributed by atoms with Crippen LogP contribution < -0.4 is 0 Å². The van der Waals surface area contributed by atoms with Crippen LogP contribution in [0.2, 0.25) is 0 Å². The second-order valence-electron chi connectivity index (χ2n) is 9.59. The molecule has 1 heterocycles. The fraction of sp³-hybridized carbons (Fsp3) is 0.478. The fourth-order valence-corrected chi connectivity index (χ4v) is 4.54. The summed E-state index contributed by atoms with van der Waals surface area (Å²) in [7, 11) is 0. The molecule has 3 nitrogen and oxygen atoms in total. The SMILES string of the molecule is CC1=CC/C2=C/C(C)=C\C3=C(C(C)(C)C)OS(=O)O/C3=C(\C(C)(C)C)C2=C1. The van der Waals surface area contributed by atoms with Crippen LogP contribution in [0.4, 0.5) is 0 Å². The van der Waals surface area contributed by atoms with Crippen molar-refractivity contribution in [2.45, 2.75) is 61.8 Å². The van der Waals surface area contributed by atoms with Gasteiger partial charge in [-0.15, -0.1) is 0 Å². The lowest BCUT2D eigenvalue weighted by molar-refractivity contribution is 0.248. The Morgan fingerprint density at radius 2 is 1.56 bits per heavy atom. The van der Waals surface area contributed by atoms with Crippen LogP contribution in [-0.2, 0) is 19.7 Å². The van der Waals surface area contributed by atoms with Crippen molar-refractivity contribution in [2.75, 3.05) is 0 Å². The number of hydrogen-bond donors (Lipinski definition) is 0. The summed E-state index contributed by atoms with van der Waals surface area (Å²) in [6, 6.07) is 0. The first-order chi connectivity index (χ1) is 12.4. The van der Waals surface area contributed by atoms with E-state index >= 15 is 0 Å². The van der Waals surface area contributed by atoms with E-state index in [1.807, 2.05) is 0 Å². The van der Waals surface area contributed by atoms with E-state index in [0.717, 1.165) is 23.1 Å². The highest BCUT2D eigenvalue weighted by Gasteiger charge is 2.38. The van der Waals surface area contributed by atoms with Crippen LogP contribution in [-0.4, -0.2) is 4.21 Å². The molecule has 0 spiro atoms. The number of hydrogen-bond acceptors (Lipinski definition) is 3. The van der Waals surface area contributed by atoms with Gasteiger partial charge in [-0.1, -0.05) is 65.3 Å². The molecule has 1 aliphatic heterocycles. The van der Waals surface area contributed by atoms with Crippen molar-refractivity contribution in [1.82, 2.24) is 0 Å². The summed E-state index contributed by atoms with van der Waals surface area (Å²) in [4.78, 5) is 0. The quantitative estimate of drug-likeness (QED) is 0.485. The largest absolute Gasteiger partial charge is 0.417 e. The summed E-state index contributed by atoms with van der Waals surface area (Å²) in [6.07, 6.45) is 9.71. The van der Waals surface area contributed by atoms with Gasteiger partial charge in [0.25, 0.3) is 0 Å². The minimum atomic E-state index is -1.84. The van der Waals surface area contributed by atoms with Gasteiger partial charge < -0.3 is 8.37 Å². The van der Waals surface area contributed by atoms with Gasteiger partial charge in [0, 0.05) is 11.0 Å². The van der Waals surface area contributed by atoms with Crippen molar-refractivity contribution in [3.05, 3.63) is 69.3 Å². The van der Waals surface area contributed by atoms with Crippen LogP contribution in [0.5, 0.6) is 0 Å². The van der Waals surface area contributed by atoms with E-state index in [1.54, 1.807) is 0 Å². The average Bonchev–Trinajstić information content (AvgIpc) is 2.48. The summed E-state index contributed by atoms with van der Waals surface area (Å²) in [5.74, 6) is 1.40. The van der Waals surface area contributed by atoms with Gasteiger partial charge in [-0.25, -0.2) is 0 Å². The summed E-state index contributed by atoms with van der Waals surface area (Å²) in [5.41, 5.74) is 6.31. The Morgan fingerprint density at radius 3 is 2.15 bits per heavy atom. The minimum Gasteiger partial charge on any atom is -0.374 e. The molecule has 27 heavy (non-hydrogen) atoms. The van der Waals surface area contributed by atoms with Gasteiger partial charge in [0.15, 0.2) is 5.76 Å². The Labute approximate surface area is 166 Å². The Kier molecular flexibility index (Phi) is 4.92. The maximum Gasteiger partial charge on any atom is 0.417 e. The number of fused-ring (bicyclic) bond motifs is 2. The molecule has 1 atom stereocenters. The second kappa shape index (κ2) is 6.66. The van der Waals surface area contributed by atoms with Gasteiger partial charge >= 0.3 is 11.4 Å². The number of allylic oxidation sites excluding steroid dienone is 10. The molecule has 3 rings (SSSR count). The first kappa shape index (κ1) is 19.9. The highest BCUT2D eigenvalue weighted by atomic mass is 32.2. The molecule has 0 aromatic heterocycles. The van der Waals surface area contributed by atoms with Crippen molar-refractivity contribution in [3.8, 4) is 0 Å². The third-order valence-corrected chi connectivity index (χ3v) is 5.46. The molecular weight excluding hydrogens is 356 g/mol. The van der Waals surface area contributed by atoms with Gasteiger partial charge in [-0.3, -0.25) is 0 Å². The third-order valence-electron chi connectivity index (χ3n) is 4.86. The molecule has 0 aromatic carbocycles. The van der Waals surface area contributed by atoms with Gasteiger partial charge in [0.05, 0.1) is 5.57 Å². The maximum atomic E-state index is 12.5. The van der Waals surface area contributed by atoms with Crippen LogP contribution in [0.3, 0.4) is 0 Å². The summed E-state index contributed by atoms with van der Waals surface area (Å²) in [6.45, 7) is 17.0. The molecule has 3 aliphatic rings. The Morgan fingerprint density at radius 1 is 0.889 bits per heavy atom. The van der Waals surface area contributed by atoms with Gasteiger partial charge in [0.1, 0.15) is 5.76 Å². The van der Waals surface area contributed by atoms with Crippen LogP contribution in [0.1, 0.15) is 61.8 Å². The van der Waals surface area contributed by atoms with Crippen molar-refractivity contribution >= 4 is 11.4 Å². The highest BCUT2D eigenvalue weighted by molar-refractivity contribution is 7.75. The molecule has 2 aliphatic carbocycles. The van der Waals surface area contributed by atoms with E-state index < -0.39 is 11.4 Å². The Balaban J connectivity index is 2.47. The molecule has 4 heteroatoms. The standard InChI is InChI=1S/C23H30O3S/c1-14-9-10-16-11-15(2)13-18-20(19(17(16)12-14)22(3,4)5)25-27(24)26-21(18)23(6,7)8/h9,11-13H,10H2,1-8H3/b15-13-,16-11-,20-19-. The first-order valence-corrected chi connectivity index (χ1v) is 10.4. The topological polar surface area (TPSA) is 35.5 Å². The molecule has 0 saturated heterocycles. The van der Waals surface area contributed by atoms with Crippen LogP contribution in [0.25, 0.3) is 0 Å². The van der Waals surface area contributed by atoms with E-state index in [0.29, 0.717) is 11.5 Å². The third kappa shape index (κ3) is 3.91. The lowest BCUT2D eigenvalue weighted by atomic mass is 9.73. The smallest absolute Gasteiger partial charge is 0.374 e. The molecule has 0 aromatic rings. The first-order valence-electron chi connectivity index (χ1n) is 9.44. The lowest BCUT2D eigenvalue weighted by Gasteiger charge is -2.35. The zero-order chi connectivity index (χ0) is 20.1. The predicted molar refractivity (Wildman–Crippen MR) is 112 cm³/mol. The summed E-state index contributed by atoms with van der Waals surface area (Å²) in [5, 5.41) is 0. The molecular formula is C23H30O3S. The molecule has 0 radical (unpaired) electrons. The monoisotopic (exact) mass is 386 g/mol. The Bertz CT molecular complexity index is 891. The minimum absolute atomic E-state index is 0.188. The summed E-state index contributed by atoms with van der Waals surface area (Å²) >= 11 is -1.84. The van der Waals surface area contributed by atoms with Crippen LogP contribution in [0.15, 0.2) is 69.3 Å². The Hall–Kier alpha value is -1.81. The molecule has 146 valence electrons. The van der Waals surface area contributed by atoms with E-state index in [1.165, 1.54) is 16.7 Å². The molecule has 0 amide bonds. The normalized spacial score (nSPS) is 30.1. The molecule has 0 fully saturated rings. The van der Waals surface area contributed by atoms with E-state index in [4.69, 9.17) is 8.37 Å². The zero-order valence-corrected chi connectivity index (χ0v) is 18.5. The molecule has 0 N–H and O–H groups in total.